The van der Waals surface area contributed by atoms with Gasteiger partial charge in [-0.1, -0.05) is 0 Å². The summed E-state index contributed by atoms with van der Waals surface area (Å²) in [5.41, 5.74) is 1.68. The highest BCUT2D eigenvalue weighted by atomic mass is 16.3. The summed E-state index contributed by atoms with van der Waals surface area (Å²) >= 11 is 0. The Kier molecular flexibility index (Phi) is 2.21. The average Bonchev–Trinajstić information content (AvgIpc) is 2.47. The number of pyridine rings is 1. The molecule has 1 fully saturated rings. The first-order valence-corrected chi connectivity index (χ1v) is 4.58. The Labute approximate surface area is 82.2 Å². The predicted octanol–water partition coefficient (Wildman–Crippen LogP) is 0.488. The molecule has 0 radical (unpaired) electrons. The normalized spacial score (nSPS) is 21.7. The molecule has 1 aromatic heterocycles. The first-order chi connectivity index (χ1) is 6.66. The van der Waals surface area contributed by atoms with Crippen molar-refractivity contribution in [3.63, 3.8) is 0 Å². The number of aliphatic hydroxyl groups is 1. The summed E-state index contributed by atoms with van der Waals surface area (Å²) in [4.78, 5) is 17.1. The summed E-state index contributed by atoms with van der Waals surface area (Å²) in [7, 11) is 0. The first-order valence-electron chi connectivity index (χ1n) is 4.58. The molecule has 1 saturated heterocycles. The summed E-state index contributed by atoms with van der Waals surface area (Å²) in [6, 6.07) is 3.70. The Hall–Kier alpha value is -1.42. The third kappa shape index (κ3) is 1.61. The van der Waals surface area contributed by atoms with Crippen LogP contribution in [0.2, 0.25) is 0 Å². The Morgan fingerprint density at radius 2 is 2.36 bits per heavy atom. The van der Waals surface area contributed by atoms with Crippen molar-refractivity contribution in [2.45, 2.75) is 19.4 Å². The van der Waals surface area contributed by atoms with Crippen molar-refractivity contribution in [3.05, 3.63) is 24.0 Å². The van der Waals surface area contributed by atoms with Crippen molar-refractivity contribution in [2.24, 2.45) is 0 Å². The van der Waals surface area contributed by atoms with E-state index in [4.69, 9.17) is 0 Å². The van der Waals surface area contributed by atoms with Gasteiger partial charge in [-0.15, -0.1) is 0 Å². The molecule has 1 unspecified atom stereocenters. The Balaban J connectivity index is 2.23. The van der Waals surface area contributed by atoms with Gasteiger partial charge in [-0.25, -0.2) is 0 Å². The van der Waals surface area contributed by atoms with E-state index in [-0.39, 0.29) is 12.3 Å². The van der Waals surface area contributed by atoms with Gasteiger partial charge >= 0.3 is 0 Å². The predicted molar refractivity (Wildman–Crippen MR) is 52.0 cm³/mol. The summed E-state index contributed by atoms with van der Waals surface area (Å²) in [6.45, 7) is 2.27. The smallest absolute Gasteiger partial charge is 0.229 e. The van der Waals surface area contributed by atoms with Gasteiger partial charge < -0.3 is 10.0 Å². The number of aromatic nitrogens is 1. The maximum absolute atomic E-state index is 11.4. The molecular weight excluding hydrogens is 180 g/mol. The molecule has 1 atom stereocenters. The summed E-state index contributed by atoms with van der Waals surface area (Å²) in [5.74, 6) is -0.0387. The molecule has 4 heteroatoms. The number of rotatable bonds is 1. The fraction of sp³-hybridized carbons (Fsp3) is 0.400. The third-order valence-electron chi connectivity index (χ3n) is 2.31. The Bertz CT molecular complexity index is 348. The fourth-order valence-corrected chi connectivity index (χ4v) is 1.56. The molecule has 1 amide bonds. The van der Waals surface area contributed by atoms with Crippen LogP contribution in [0.3, 0.4) is 0 Å². The Morgan fingerprint density at radius 1 is 1.57 bits per heavy atom. The first kappa shape index (κ1) is 9.15. The van der Waals surface area contributed by atoms with Crippen LogP contribution >= 0.6 is 0 Å². The van der Waals surface area contributed by atoms with E-state index < -0.39 is 6.10 Å². The maximum atomic E-state index is 11.4. The number of β-amino-alcohol motifs (C(OH)–C–C–N with tert-alkyl or cyclic N) is 1. The molecule has 0 bridgehead atoms. The van der Waals surface area contributed by atoms with E-state index in [1.807, 2.05) is 19.1 Å². The molecule has 0 aromatic carbocycles. The number of carbonyl (C=O) groups excluding carboxylic acids is 1. The lowest BCUT2D eigenvalue weighted by molar-refractivity contribution is -0.117. The van der Waals surface area contributed by atoms with Gasteiger partial charge in [0.05, 0.1) is 31.0 Å². The molecule has 1 aromatic rings. The number of aliphatic hydroxyl groups excluding tert-OH is 1. The summed E-state index contributed by atoms with van der Waals surface area (Å²) in [5, 5.41) is 9.30. The van der Waals surface area contributed by atoms with E-state index in [1.54, 1.807) is 11.1 Å². The van der Waals surface area contributed by atoms with Crippen molar-refractivity contribution in [1.29, 1.82) is 0 Å². The zero-order valence-electron chi connectivity index (χ0n) is 7.97. The second kappa shape index (κ2) is 3.38. The quantitative estimate of drug-likeness (QED) is 0.704. The minimum Gasteiger partial charge on any atom is -0.391 e. The fourth-order valence-electron chi connectivity index (χ4n) is 1.56. The van der Waals surface area contributed by atoms with Gasteiger partial charge in [-0.3, -0.25) is 9.78 Å². The van der Waals surface area contributed by atoms with Crippen molar-refractivity contribution >= 4 is 11.6 Å². The number of amides is 1. The minimum absolute atomic E-state index is 0.0387. The standard InChI is InChI=1S/C10H12N2O2/c1-7-2-3-8(5-11-7)12-6-9(13)4-10(12)14/h2-3,5,9,13H,4,6H2,1H3. The monoisotopic (exact) mass is 192 g/mol. The van der Waals surface area contributed by atoms with Crippen LogP contribution in [0.25, 0.3) is 0 Å². The summed E-state index contributed by atoms with van der Waals surface area (Å²) in [6.07, 6.45) is 1.34. The van der Waals surface area contributed by atoms with Crippen LogP contribution in [0.4, 0.5) is 5.69 Å². The highest BCUT2D eigenvalue weighted by Crippen LogP contribution is 2.20. The highest BCUT2D eigenvalue weighted by Gasteiger charge is 2.28. The average molecular weight is 192 g/mol. The SMILES string of the molecule is Cc1ccc(N2CC(O)CC2=O)cn1. The molecule has 0 aliphatic carbocycles. The molecule has 0 saturated carbocycles. The number of aryl methyl sites for hydroxylation is 1. The van der Waals surface area contributed by atoms with Crippen LogP contribution in [-0.4, -0.2) is 28.6 Å². The molecule has 4 nitrogen and oxygen atoms in total. The van der Waals surface area contributed by atoms with E-state index >= 15 is 0 Å². The Morgan fingerprint density at radius 3 is 2.86 bits per heavy atom. The van der Waals surface area contributed by atoms with E-state index in [1.165, 1.54) is 0 Å². The van der Waals surface area contributed by atoms with Gasteiger partial charge in [0.15, 0.2) is 0 Å². The minimum atomic E-state index is -0.538. The lowest BCUT2D eigenvalue weighted by atomic mass is 10.3. The molecule has 14 heavy (non-hydrogen) atoms. The molecule has 1 aliphatic rings. The van der Waals surface area contributed by atoms with E-state index in [0.717, 1.165) is 11.4 Å². The van der Waals surface area contributed by atoms with Crippen molar-refractivity contribution in [1.82, 2.24) is 4.98 Å². The van der Waals surface area contributed by atoms with Crippen molar-refractivity contribution in [2.75, 3.05) is 11.4 Å². The lowest BCUT2D eigenvalue weighted by Crippen LogP contribution is -2.25. The van der Waals surface area contributed by atoms with Crippen LogP contribution in [0.5, 0.6) is 0 Å². The number of anilines is 1. The third-order valence-corrected chi connectivity index (χ3v) is 2.31. The van der Waals surface area contributed by atoms with Crippen LogP contribution in [0, 0.1) is 6.92 Å². The number of carbonyl (C=O) groups is 1. The lowest BCUT2D eigenvalue weighted by Gasteiger charge is -2.14. The highest BCUT2D eigenvalue weighted by molar-refractivity contribution is 5.95. The second-order valence-electron chi connectivity index (χ2n) is 3.52. The number of hydrogen-bond donors (Lipinski definition) is 1. The molecule has 74 valence electrons. The van der Waals surface area contributed by atoms with Crippen LogP contribution in [0.15, 0.2) is 18.3 Å². The van der Waals surface area contributed by atoms with Crippen molar-refractivity contribution in [3.8, 4) is 0 Å². The molecule has 0 spiro atoms. The van der Waals surface area contributed by atoms with Crippen molar-refractivity contribution < 1.29 is 9.90 Å². The molecule has 1 aliphatic heterocycles. The topological polar surface area (TPSA) is 53.4 Å². The van der Waals surface area contributed by atoms with Gasteiger partial charge in [-0.2, -0.15) is 0 Å². The van der Waals surface area contributed by atoms with Gasteiger partial charge in [0.1, 0.15) is 0 Å². The van der Waals surface area contributed by atoms with Crippen LogP contribution in [0.1, 0.15) is 12.1 Å². The zero-order chi connectivity index (χ0) is 10.1. The largest absolute Gasteiger partial charge is 0.391 e. The van der Waals surface area contributed by atoms with E-state index in [9.17, 15) is 9.90 Å². The van der Waals surface area contributed by atoms with E-state index in [2.05, 4.69) is 4.98 Å². The van der Waals surface area contributed by atoms with E-state index in [0.29, 0.717) is 6.54 Å². The number of nitrogens with zero attached hydrogens (tertiary/aromatic N) is 2. The van der Waals surface area contributed by atoms with Crippen LogP contribution < -0.4 is 4.90 Å². The summed E-state index contributed by atoms with van der Waals surface area (Å²) < 4.78 is 0. The molecular formula is C10H12N2O2. The van der Waals surface area contributed by atoms with Crippen LogP contribution in [-0.2, 0) is 4.79 Å². The zero-order valence-corrected chi connectivity index (χ0v) is 7.97. The molecule has 2 rings (SSSR count). The van der Waals surface area contributed by atoms with Gasteiger partial charge in [0.2, 0.25) is 5.91 Å². The maximum Gasteiger partial charge on any atom is 0.229 e. The van der Waals surface area contributed by atoms with Gasteiger partial charge in [0, 0.05) is 5.69 Å². The van der Waals surface area contributed by atoms with Gasteiger partial charge in [0.25, 0.3) is 0 Å². The molecule has 1 N–H and O–H groups in total. The number of hydrogen-bond acceptors (Lipinski definition) is 3. The van der Waals surface area contributed by atoms with Gasteiger partial charge in [-0.05, 0) is 19.1 Å². The second-order valence-corrected chi connectivity index (χ2v) is 3.52. The molecule has 2 heterocycles.